The summed E-state index contributed by atoms with van der Waals surface area (Å²) in [5.74, 6) is -0.149. The summed E-state index contributed by atoms with van der Waals surface area (Å²) in [4.78, 5) is 10.6. The minimum atomic E-state index is -0.866. The number of aromatic nitrogens is 3. The van der Waals surface area contributed by atoms with Gasteiger partial charge in [-0.2, -0.15) is 0 Å². The number of rotatable bonds is 4. The van der Waals surface area contributed by atoms with Gasteiger partial charge in [-0.1, -0.05) is 23.9 Å². The number of carboxylic acid groups (broad SMARTS) is 1. The molecule has 0 amide bonds. The molecule has 0 unspecified atom stereocenters. The van der Waals surface area contributed by atoms with Crippen LogP contribution in [-0.2, 0) is 4.79 Å². The van der Waals surface area contributed by atoms with Crippen LogP contribution in [0, 0.1) is 10.5 Å². The van der Waals surface area contributed by atoms with Crippen molar-refractivity contribution in [3.63, 3.8) is 0 Å². The maximum atomic E-state index is 10.6. The number of carbonyl (C=O) groups is 1. The van der Waals surface area contributed by atoms with Crippen LogP contribution in [0.5, 0.6) is 0 Å². The molecule has 0 atom stereocenters. The van der Waals surface area contributed by atoms with Crippen molar-refractivity contribution in [3.8, 4) is 5.69 Å². The van der Waals surface area contributed by atoms with Crippen LogP contribution >= 0.6 is 34.4 Å². The van der Waals surface area contributed by atoms with Crippen LogP contribution < -0.4 is 0 Å². The van der Waals surface area contributed by atoms with E-state index in [1.54, 1.807) is 0 Å². The molecule has 18 heavy (non-hydrogen) atoms. The highest BCUT2D eigenvalue weighted by molar-refractivity contribution is 14.1. The van der Waals surface area contributed by atoms with E-state index in [0.29, 0.717) is 5.16 Å². The summed E-state index contributed by atoms with van der Waals surface area (Å²) in [7, 11) is 0. The summed E-state index contributed by atoms with van der Waals surface area (Å²) in [6.07, 6.45) is 0. The van der Waals surface area contributed by atoms with Gasteiger partial charge in [0, 0.05) is 3.57 Å². The van der Waals surface area contributed by atoms with E-state index in [-0.39, 0.29) is 5.75 Å². The number of thioether (sulfide) groups is 1. The Balaban J connectivity index is 2.41. The van der Waals surface area contributed by atoms with Gasteiger partial charge >= 0.3 is 5.97 Å². The Hall–Kier alpha value is -1.09. The molecule has 1 heterocycles. The summed E-state index contributed by atoms with van der Waals surface area (Å²) in [6.45, 7) is 1.85. The summed E-state index contributed by atoms with van der Waals surface area (Å²) >= 11 is 3.40. The molecule has 0 aliphatic carbocycles. The van der Waals surface area contributed by atoms with Gasteiger partial charge in [0.05, 0.1) is 11.4 Å². The number of hydrogen-bond acceptors (Lipinski definition) is 4. The van der Waals surface area contributed by atoms with Gasteiger partial charge in [0.25, 0.3) is 0 Å². The normalized spacial score (nSPS) is 10.6. The van der Waals surface area contributed by atoms with E-state index >= 15 is 0 Å². The average molecular weight is 375 g/mol. The van der Waals surface area contributed by atoms with Crippen LogP contribution in [0.25, 0.3) is 5.69 Å². The predicted molar refractivity (Wildman–Crippen MR) is 77.2 cm³/mol. The molecule has 0 radical (unpaired) electrons. The fourth-order valence-corrected chi connectivity index (χ4v) is 2.81. The van der Waals surface area contributed by atoms with Gasteiger partial charge < -0.3 is 5.11 Å². The van der Waals surface area contributed by atoms with Crippen LogP contribution in [0.1, 0.15) is 5.82 Å². The molecule has 0 aliphatic rings. The smallest absolute Gasteiger partial charge is 0.313 e. The average Bonchev–Trinajstić information content (AvgIpc) is 2.69. The van der Waals surface area contributed by atoms with Crippen LogP contribution in [0.2, 0.25) is 0 Å². The molecular weight excluding hydrogens is 365 g/mol. The standard InChI is InChI=1S/C11H10IN3O2S/c1-7-13-14-11(18-6-10(16)17)15(7)9-5-3-2-4-8(9)12/h2-5H,6H2,1H3,(H,16,17). The fraction of sp³-hybridized carbons (Fsp3) is 0.182. The van der Waals surface area contributed by atoms with Crippen molar-refractivity contribution in [2.75, 3.05) is 5.75 Å². The van der Waals surface area contributed by atoms with E-state index in [1.807, 2.05) is 35.8 Å². The van der Waals surface area contributed by atoms with Gasteiger partial charge in [0.15, 0.2) is 5.16 Å². The molecule has 0 fully saturated rings. The van der Waals surface area contributed by atoms with Gasteiger partial charge in [-0.15, -0.1) is 10.2 Å². The van der Waals surface area contributed by atoms with E-state index in [0.717, 1.165) is 15.1 Å². The molecule has 7 heteroatoms. The molecule has 1 aromatic heterocycles. The maximum absolute atomic E-state index is 10.6. The Bertz CT molecular complexity index is 585. The van der Waals surface area contributed by atoms with E-state index < -0.39 is 5.97 Å². The first-order valence-corrected chi connectivity index (χ1v) is 7.17. The molecule has 5 nitrogen and oxygen atoms in total. The Morgan fingerprint density at radius 1 is 1.44 bits per heavy atom. The van der Waals surface area contributed by atoms with Crippen LogP contribution in [0.15, 0.2) is 29.4 Å². The lowest BCUT2D eigenvalue weighted by Crippen LogP contribution is -2.04. The lowest BCUT2D eigenvalue weighted by molar-refractivity contribution is -0.133. The molecule has 2 rings (SSSR count). The molecule has 94 valence electrons. The van der Waals surface area contributed by atoms with Gasteiger partial charge in [-0.25, -0.2) is 0 Å². The van der Waals surface area contributed by atoms with Crippen molar-refractivity contribution < 1.29 is 9.90 Å². The van der Waals surface area contributed by atoms with Crippen LogP contribution in [0.4, 0.5) is 0 Å². The van der Waals surface area contributed by atoms with Crippen LogP contribution in [0.3, 0.4) is 0 Å². The molecule has 1 aromatic carbocycles. The van der Waals surface area contributed by atoms with Gasteiger partial charge in [0.1, 0.15) is 5.82 Å². The highest BCUT2D eigenvalue weighted by Crippen LogP contribution is 2.24. The van der Waals surface area contributed by atoms with Crippen molar-refractivity contribution in [1.82, 2.24) is 14.8 Å². The third kappa shape index (κ3) is 2.83. The summed E-state index contributed by atoms with van der Waals surface area (Å²) in [5, 5.41) is 17.3. The minimum Gasteiger partial charge on any atom is -0.481 e. The molecule has 0 saturated carbocycles. The first-order valence-electron chi connectivity index (χ1n) is 5.11. The van der Waals surface area contributed by atoms with Crippen molar-refractivity contribution in [2.24, 2.45) is 0 Å². The van der Waals surface area contributed by atoms with E-state index in [4.69, 9.17) is 5.11 Å². The highest BCUT2D eigenvalue weighted by Gasteiger charge is 2.14. The number of benzene rings is 1. The molecular formula is C11H10IN3O2S. The number of aryl methyl sites for hydroxylation is 1. The second-order valence-electron chi connectivity index (χ2n) is 3.50. The van der Waals surface area contributed by atoms with Crippen molar-refractivity contribution in [1.29, 1.82) is 0 Å². The van der Waals surface area contributed by atoms with Crippen molar-refractivity contribution >= 4 is 40.3 Å². The molecule has 0 spiro atoms. The summed E-state index contributed by atoms with van der Waals surface area (Å²) in [5.41, 5.74) is 0.966. The minimum absolute atomic E-state index is 0.0262. The number of aliphatic carboxylic acids is 1. The van der Waals surface area contributed by atoms with E-state index in [9.17, 15) is 4.79 Å². The van der Waals surface area contributed by atoms with E-state index in [2.05, 4.69) is 32.8 Å². The fourth-order valence-electron chi connectivity index (χ4n) is 1.47. The number of hydrogen-bond donors (Lipinski definition) is 1. The molecule has 0 saturated heterocycles. The number of para-hydroxylation sites is 1. The highest BCUT2D eigenvalue weighted by atomic mass is 127. The Morgan fingerprint density at radius 2 is 2.17 bits per heavy atom. The Kier molecular flexibility index (Phi) is 4.23. The van der Waals surface area contributed by atoms with Gasteiger partial charge in [-0.3, -0.25) is 9.36 Å². The third-order valence-electron chi connectivity index (χ3n) is 2.21. The van der Waals surface area contributed by atoms with Gasteiger partial charge in [0.2, 0.25) is 0 Å². The zero-order valence-electron chi connectivity index (χ0n) is 9.50. The van der Waals surface area contributed by atoms with Gasteiger partial charge in [-0.05, 0) is 41.6 Å². The molecule has 0 bridgehead atoms. The number of nitrogens with zero attached hydrogens (tertiary/aromatic N) is 3. The Morgan fingerprint density at radius 3 is 2.83 bits per heavy atom. The summed E-state index contributed by atoms with van der Waals surface area (Å²) in [6, 6.07) is 7.83. The first kappa shape index (κ1) is 13.3. The quantitative estimate of drug-likeness (QED) is 0.657. The van der Waals surface area contributed by atoms with E-state index in [1.165, 1.54) is 11.8 Å². The van der Waals surface area contributed by atoms with Crippen molar-refractivity contribution in [3.05, 3.63) is 33.7 Å². The second kappa shape index (κ2) is 5.70. The molecule has 1 N–H and O–H groups in total. The second-order valence-corrected chi connectivity index (χ2v) is 5.60. The molecule has 0 aliphatic heterocycles. The lowest BCUT2D eigenvalue weighted by Gasteiger charge is -2.09. The topological polar surface area (TPSA) is 68.0 Å². The maximum Gasteiger partial charge on any atom is 0.313 e. The largest absolute Gasteiger partial charge is 0.481 e. The molecule has 2 aromatic rings. The first-order chi connectivity index (χ1) is 8.59. The number of carboxylic acids is 1. The monoisotopic (exact) mass is 375 g/mol. The van der Waals surface area contributed by atoms with Crippen LogP contribution in [-0.4, -0.2) is 31.6 Å². The predicted octanol–water partition coefficient (Wildman–Crippen LogP) is 2.36. The SMILES string of the molecule is Cc1nnc(SCC(=O)O)n1-c1ccccc1I. The summed E-state index contributed by atoms with van der Waals surface area (Å²) < 4.78 is 2.94. The zero-order chi connectivity index (χ0) is 13.1. The van der Waals surface area contributed by atoms with Crippen molar-refractivity contribution in [2.45, 2.75) is 12.1 Å². The zero-order valence-corrected chi connectivity index (χ0v) is 12.5. The third-order valence-corrected chi connectivity index (χ3v) is 4.04. The lowest BCUT2D eigenvalue weighted by atomic mass is 10.3. The number of halogens is 1. The Labute approximate surface area is 122 Å².